The normalized spacial score (nSPS) is 34.6. The number of hydrogen-bond acceptors (Lipinski definition) is 3. The van der Waals surface area contributed by atoms with Crippen molar-refractivity contribution in [2.45, 2.75) is 64.0 Å². The Morgan fingerprint density at radius 1 is 1.00 bits per heavy atom. The van der Waals surface area contributed by atoms with E-state index in [1.165, 1.54) is 84.2 Å². The van der Waals surface area contributed by atoms with Crippen molar-refractivity contribution in [1.29, 1.82) is 0 Å². The molecule has 1 N–H and O–H groups in total. The largest absolute Gasteiger partial charge is 0.313 e. The lowest BCUT2D eigenvalue weighted by Crippen LogP contribution is -2.53. The minimum absolute atomic E-state index is 0.756. The molecule has 3 fully saturated rings. The lowest BCUT2D eigenvalue weighted by atomic mass is 9.90. The maximum Gasteiger partial charge on any atom is 0.0197 e. The van der Waals surface area contributed by atoms with Crippen molar-refractivity contribution in [3.8, 4) is 0 Å². The first-order valence-electron chi connectivity index (χ1n) is 9.05. The van der Waals surface area contributed by atoms with E-state index in [2.05, 4.69) is 22.0 Å². The predicted octanol–water partition coefficient (Wildman–Crippen LogP) is 2.32. The third kappa shape index (κ3) is 3.75. The number of piperazine rings is 1. The lowest BCUT2D eigenvalue weighted by Gasteiger charge is -2.40. The first-order valence-corrected chi connectivity index (χ1v) is 9.05. The van der Waals surface area contributed by atoms with Crippen molar-refractivity contribution in [1.82, 2.24) is 15.1 Å². The van der Waals surface area contributed by atoms with Gasteiger partial charge in [0.25, 0.3) is 0 Å². The van der Waals surface area contributed by atoms with Gasteiger partial charge >= 0.3 is 0 Å². The number of hydrogen-bond donors (Lipinski definition) is 1. The van der Waals surface area contributed by atoms with Gasteiger partial charge in [0.1, 0.15) is 0 Å². The van der Waals surface area contributed by atoms with Crippen LogP contribution < -0.4 is 5.32 Å². The van der Waals surface area contributed by atoms with Crippen molar-refractivity contribution in [2.24, 2.45) is 5.92 Å². The fraction of sp³-hybridized carbons (Fsp3) is 1.00. The van der Waals surface area contributed by atoms with Crippen LogP contribution in [-0.4, -0.2) is 61.2 Å². The molecule has 1 saturated carbocycles. The topological polar surface area (TPSA) is 18.5 Å². The van der Waals surface area contributed by atoms with Gasteiger partial charge in [0.15, 0.2) is 0 Å². The maximum absolute atomic E-state index is 3.74. The van der Waals surface area contributed by atoms with Crippen molar-refractivity contribution in [3.05, 3.63) is 0 Å². The quantitative estimate of drug-likeness (QED) is 0.852. The van der Waals surface area contributed by atoms with E-state index in [-0.39, 0.29) is 0 Å². The van der Waals surface area contributed by atoms with E-state index >= 15 is 0 Å². The van der Waals surface area contributed by atoms with E-state index in [0.29, 0.717) is 0 Å². The summed E-state index contributed by atoms with van der Waals surface area (Å²) in [6.07, 6.45) is 10.0. The number of rotatable bonds is 4. The fourth-order valence-corrected chi connectivity index (χ4v) is 4.50. The molecule has 2 unspecified atom stereocenters. The van der Waals surface area contributed by atoms with Gasteiger partial charge in [-0.15, -0.1) is 0 Å². The second kappa shape index (κ2) is 7.24. The zero-order valence-corrected chi connectivity index (χ0v) is 13.3. The molecule has 1 aliphatic carbocycles. The van der Waals surface area contributed by atoms with Gasteiger partial charge < -0.3 is 5.32 Å². The standard InChI is InChI=1S/C17H33N3/c1-2-15-7-8-18-16(13-15)14-19-9-11-20(12-10-19)17-5-3-4-6-17/h15-18H,2-14H2,1H3. The predicted molar refractivity (Wildman–Crippen MR) is 85.1 cm³/mol. The highest BCUT2D eigenvalue weighted by molar-refractivity contribution is 4.85. The molecule has 3 heteroatoms. The maximum atomic E-state index is 3.74. The Kier molecular flexibility index (Phi) is 5.36. The first kappa shape index (κ1) is 14.8. The molecule has 0 amide bonds. The van der Waals surface area contributed by atoms with Crippen LogP contribution in [0, 0.1) is 5.92 Å². The molecule has 2 aliphatic heterocycles. The molecule has 0 aromatic carbocycles. The van der Waals surface area contributed by atoms with Gasteiger partial charge in [-0.25, -0.2) is 0 Å². The highest BCUT2D eigenvalue weighted by Gasteiger charge is 2.28. The Hall–Kier alpha value is -0.120. The van der Waals surface area contributed by atoms with Crippen molar-refractivity contribution >= 4 is 0 Å². The fourth-order valence-electron chi connectivity index (χ4n) is 4.50. The van der Waals surface area contributed by atoms with E-state index in [1.807, 2.05) is 0 Å². The molecular weight excluding hydrogens is 246 g/mol. The Labute approximate surface area is 125 Å². The Morgan fingerprint density at radius 3 is 2.45 bits per heavy atom. The molecule has 0 aromatic rings. The summed E-state index contributed by atoms with van der Waals surface area (Å²) in [7, 11) is 0. The summed E-state index contributed by atoms with van der Waals surface area (Å²) in [6, 6.07) is 1.68. The molecule has 3 rings (SSSR count). The minimum Gasteiger partial charge on any atom is -0.313 e. The molecular formula is C17H33N3. The molecule has 0 aromatic heterocycles. The van der Waals surface area contributed by atoms with E-state index in [1.54, 1.807) is 0 Å². The smallest absolute Gasteiger partial charge is 0.0197 e. The number of nitrogens with zero attached hydrogens (tertiary/aromatic N) is 2. The van der Waals surface area contributed by atoms with Gasteiger partial charge in [-0.1, -0.05) is 26.2 Å². The Morgan fingerprint density at radius 2 is 1.75 bits per heavy atom. The zero-order valence-electron chi connectivity index (χ0n) is 13.3. The number of piperidine rings is 1. The van der Waals surface area contributed by atoms with Crippen LogP contribution in [0.4, 0.5) is 0 Å². The van der Waals surface area contributed by atoms with Gasteiger partial charge in [0.05, 0.1) is 0 Å². The summed E-state index contributed by atoms with van der Waals surface area (Å²) >= 11 is 0. The molecule has 2 saturated heterocycles. The van der Waals surface area contributed by atoms with Crippen LogP contribution >= 0.6 is 0 Å². The Bertz CT molecular complexity index is 280. The molecule has 0 radical (unpaired) electrons. The van der Waals surface area contributed by atoms with Crippen LogP contribution in [0.3, 0.4) is 0 Å². The third-order valence-electron chi connectivity index (χ3n) is 5.91. The molecule has 2 atom stereocenters. The average Bonchev–Trinajstić information content (AvgIpc) is 3.02. The van der Waals surface area contributed by atoms with E-state index < -0.39 is 0 Å². The molecule has 3 nitrogen and oxygen atoms in total. The van der Waals surface area contributed by atoms with Crippen molar-refractivity contribution in [2.75, 3.05) is 39.3 Å². The van der Waals surface area contributed by atoms with E-state index in [0.717, 1.165) is 18.0 Å². The molecule has 116 valence electrons. The van der Waals surface area contributed by atoms with Gasteiger partial charge in [0.2, 0.25) is 0 Å². The van der Waals surface area contributed by atoms with Gasteiger partial charge in [-0.05, 0) is 38.1 Å². The van der Waals surface area contributed by atoms with Gasteiger partial charge in [-0.2, -0.15) is 0 Å². The minimum atomic E-state index is 0.756. The second-order valence-electron chi connectivity index (χ2n) is 7.22. The van der Waals surface area contributed by atoms with E-state index in [4.69, 9.17) is 0 Å². The van der Waals surface area contributed by atoms with Crippen LogP contribution in [-0.2, 0) is 0 Å². The van der Waals surface area contributed by atoms with E-state index in [9.17, 15) is 0 Å². The highest BCUT2D eigenvalue weighted by Crippen LogP contribution is 2.25. The highest BCUT2D eigenvalue weighted by atomic mass is 15.3. The van der Waals surface area contributed by atoms with Crippen LogP contribution in [0.2, 0.25) is 0 Å². The summed E-state index contributed by atoms with van der Waals surface area (Å²) in [6.45, 7) is 10.1. The molecule has 0 spiro atoms. The third-order valence-corrected chi connectivity index (χ3v) is 5.91. The van der Waals surface area contributed by atoms with Crippen LogP contribution in [0.25, 0.3) is 0 Å². The zero-order chi connectivity index (χ0) is 13.8. The molecule has 0 bridgehead atoms. The summed E-state index contributed by atoms with van der Waals surface area (Å²) in [4.78, 5) is 5.48. The average molecular weight is 279 g/mol. The van der Waals surface area contributed by atoms with Crippen LogP contribution in [0.1, 0.15) is 51.9 Å². The summed E-state index contributed by atoms with van der Waals surface area (Å²) in [5.41, 5.74) is 0. The SMILES string of the molecule is CCC1CCNC(CN2CCN(C3CCCC3)CC2)C1. The summed E-state index contributed by atoms with van der Waals surface area (Å²) < 4.78 is 0. The van der Waals surface area contributed by atoms with Crippen LogP contribution in [0.5, 0.6) is 0 Å². The first-order chi connectivity index (χ1) is 9.85. The molecule has 20 heavy (non-hydrogen) atoms. The summed E-state index contributed by atoms with van der Waals surface area (Å²) in [5.74, 6) is 0.973. The monoisotopic (exact) mass is 279 g/mol. The number of nitrogens with one attached hydrogen (secondary N) is 1. The summed E-state index contributed by atoms with van der Waals surface area (Å²) in [5, 5.41) is 3.74. The van der Waals surface area contributed by atoms with Gasteiger partial charge in [-0.3, -0.25) is 9.80 Å². The lowest BCUT2D eigenvalue weighted by molar-refractivity contribution is 0.0858. The van der Waals surface area contributed by atoms with Crippen LogP contribution in [0.15, 0.2) is 0 Å². The Balaban J connectivity index is 1.39. The van der Waals surface area contributed by atoms with Gasteiger partial charge in [0, 0.05) is 44.8 Å². The molecule has 3 aliphatic rings. The second-order valence-corrected chi connectivity index (χ2v) is 7.22. The van der Waals surface area contributed by atoms with Crippen molar-refractivity contribution < 1.29 is 0 Å². The molecule has 2 heterocycles. The van der Waals surface area contributed by atoms with Crippen molar-refractivity contribution in [3.63, 3.8) is 0 Å².